The lowest BCUT2D eigenvalue weighted by molar-refractivity contribution is 0.0952. The number of aryl methyl sites for hydroxylation is 2. The molecule has 1 amide bonds. The Hall–Kier alpha value is -3.38. The lowest BCUT2D eigenvalue weighted by Crippen LogP contribution is -2.25. The standard InChI is InChI=1S/C23H21ClN4O2/c1-14-6-8-16(9-7-14)12-25-22(29)20-13-26-28-21(20)27-15(2)19(23(28)30)11-17-4-3-5-18(24)10-17/h3-10,13,26H,11-12H2,1-2H3,(H,25,29). The molecule has 2 aromatic heterocycles. The van der Waals surface area contributed by atoms with Crippen LogP contribution < -0.4 is 10.9 Å². The summed E-state index contributed by atoms with van der Waals surface area (Å²) in [6.07, 6.45) is 1.92. The minimum Gasteiger partial charge on any atom is -0.348 e. The third kappa shape index (κ3) is 4.00. The second-order valence-electron chi connectivity index (χ2n) is 7.30. The molecule has 2 N–H and O–H groups in total. The van der Waals surface area contributed by atoms with E-state index >= 15 is 0 Å². The van der Waals surface area contributed by atoms with Crippen molar-refractivity contribution >= 4 is 23.2 Å². The van der Waals surface area contributed by atoms with Gasteiger partial charge in [0.25, 0.3) is 11.5 Å². The summed E-state index contributed by atoms with van der Waals surface area (Å²) in [6.45, 7) is 4.19. The number of nitrogens with one attached hydrogen (secondary N) is 2. The number of amides is 1. The minimum atomic E-state index is -0.289. The quantitative estimate of drug-likeness (QED) is 0.515. The second kappa shape index (κ2) is 8.16. The smallest absolute Gasteiger partial charge is 0.276 e. The molecule has 0 spiro atoms. The molecule has 0 atom stereocenters. The summed E-state index contributed by atoms with van der Waals surface area (Å²) in [5.41, 5.74) is 4.65. The summed E-state index contributed by atoms with van der Waals surface area (Å²) in [4.78, 5) is 30.2. The van der Waals surface area contributed by atoms with Gasteiger partial charge in [-0.15, -0.1) is 0 Å². The van der Waals surface area contributed by atoms with Gasteiger partial charge in [-0.1, -0.05) is 53.6 Å². The molecule has 2 aromatic carbocycles. The summed E-state index contributed by atoms with van der Waals surface area (Å²) < 4.78 is 1.31. The first-order chi connectivity index (χ1) is 14.4. The fourth-order valence-electron chi connectivity index (χ4n) is 3.36. The van der Waals surface area contributed by atoms with E-state index < -0.39 is 0 Å². The van der Waals surface area contributed by atoms with Crippen LogP contribution in [-0.2, 0) is 13.0 Å². The van der Waals surface area contributed by atoms with Crippen molar-refractivity contribution in [1.29, 1.82) is 0 Å². The number of H-pyrrole nitrogens is 1. The Bertz CT molecular complexity index is 1290. The van der Waals surface area contributed by atoms with Gasteiger partial charge >= 0.3 is 0 Å². The topological polar surface area (TPSA) is 79.3 Å². The Kier molecular flexibility index (Phi) is 5.42. The molecule has 0 aliphatic rings. The van der Waals surface area contributed by atoms with Gasteiger partial charge in [-0.25, -0.2) is 9.50 Å². The Morgan fingerprint density at radius 2 is 1.90 bits per heavy atom. The number of hydrogen-bond donors (Lipinski definition) is 2. The van der Waals surface area contributed by atoms with Crippen LogP contribution in [0.2, 0.25) is 5.02 Å². The molecule has 2 heterocycles. The zero-order valence-electron chi connectivity index (χ0n) is 16.7. The van der Waals surface area contributed by atoms with E-state index in [2.05, 4.69) is 15.4 Å². The molecule has 0 radical (unpaired) electrons. The maximum Gasteiger partial charge on any atom is 0.276 e. The van der Waals surface area contributed by atoms with Crippen LogP contribution in [-0.4, -0.2) is 20.5 Å². The summed E-state index contributed by atoms with van der Waals surface area (Å²) >= 11 is 6.06. The highest BCUT2D eigenvalue weighted by Crippen LogP contribution is 2.16. The number of nitrogens with zero attached hydrogens (tertiary/aromatic N) is 2. The van der Waals surface area contributed by atoms with Crippen molar-refractivity contribution in [2.75, 3.05) is 0 Å². The summed E-state index contributed by atoms with van der Waals surface area (Å²) in [5.74, 6) is -0.289. The van der Waals surface area contributed by atoms with Crippen LogP contribution in [0.4, 0.5) is 0 Å². The van der Waals surface area contributed by atoms with E-state index in [1.807, 2.05) is 49.4 Å². The number of carbonyl (C=O) groups is 1. The van der Waals surface area contributed by atoms with Crippen LogP contribution >= 0.6 is 11.6 Å². The van der Waals surface area contributed by atoms with Gasteiger partial charge in [0.05, 0.1) is 0 Å². The van der Waals surface area contributed by atoms with E-state index in [1.54, 1.807) is 13.0 Å². The van der Waals surface area contributed by atoms with Crippen LogP contribution in [0.5, 0.6) is 0 Å². The number of halogens is 1. The van der Waals surface area contributed by atoms with Crippen molar-refractivity contribution in [3.63, 3.8) is 0 Å². The van der Waals surface area contributed by atoms with Crippen LogP contribution in [0.15, 0.2) is 59.5 Å². The zero-order chi connectivity index (χ0) is 21.3. The average molecular weight is 421 g/mol. The number of aromatic nitrogens is 3. The monoisotopic (exact) mass is 420 g/mol. The molecular weight excluding hydrogens is 400 g/mol. The number of rotatable bonds is 5. The molecule has 4 aromatic rings. The molecule has 0 saturated heterocycles. The molecule has 0 aliphatic carbocycles. The Labute approximate surface area is 178 Å². The van der Waals surface area contributed by atoms with Gasteiger partial charge in [-0.2, -0.15) is 0 Å². The largest absolute Gasteiger partial charge is 0.348 e. The van der Waals surface area contributed by atoms with Crippen LogP contribution in [0.1, 0.15) is 38.3 Å². The van der Waals surface area contributed by atoms with E-state index in [4.69, 9.17) is 11.6 Å². The highest BCUT2D eigenvalue weighted by Gasteiger charge is 2.18. The Balaban J connectivity index is 1.61. The third-order valence-corrected chi connectivity index (χ3v) is 5.29. The van der Waals surface area contributed by atoms with Crippen molar-refractivity contribution in [3.05, 3.63) is 104 Å². The molecule has 0 unspecified atom stereocenters. The van der Waals surface area contributed by atoms with E-state index in [1.165, 1.54) is 10.7 Å². The molecular formula is C23H21ClN4O2. The lowest BCUT2D eigenvalue weighted by atomic mass is 10.1. The molecule has 0 fully saturated rings. The van der Waals surface area contributed by atoms with Crippen LogP contribution in [0, 0.1) is 13.8 Å². The van der Waals surface area contributed by atoms with Crippen LogP contribution in [0.25, 0.3) is 5.65 Å². The van der Waals surface area contributed by atoms with Gasteiger partial charge in [0.15, 0.2) is 5.65 Å². The predicted molar refractivity (Wildman–Crippen MR) is 117 cm³/mol. The van der Waals surface area contributed by atoms with Crippen molar-refractivity contribution in [3.8, 4) is 0 Å². The number of benzene rings is 2. The zero-order valence-corrected chi connectivity index (χ0v) is 17.5. The maximum atomic E-state index is 13.0. The van der Waals surface area contributed by atoms with E-state index in [0.717, 1.165) is 16.7 Å². The SMILES string of the molecule is Cc1ccc(CNC(=O)c2c[nH]n3c(=O)c(Cc4cccc(Cl)c4)c(C)nc23)cc1. The average Bonchev–Trinajstić information content (AvgIpc) is 3.14. The molecule has 0 aliphatic heterocycles. The Morgan fingerprint density at radius 1 is 1.13 bits per heavy atom. The molecule has 6 nitrogen and oxygen atoms in total. The van der Waals surface area contributed by atoms with Gasteiger partial charge in [-0.05, 0) is 37.1 Å². The van der Waals surface area contributed by atoms with E-state index in [9.17, 15) is 9.59 Å². The Morgan fingerprint density at radius 3 is 2.63 bits per heavy atom. The summed E-state index contributed by atoms with van der Waals surface area (Å²) in [6, 6.07) is 15.3. The molecule has 4 rings (SSSR count). The number of fused-ring (bicyclic) bond motifs is 1. The highest BCUT2D eigenvalue weighted by atomic mass is 35.5. The third-order valence-electron chi connectivity index (χ3n) is 5.05. The normalized spacial score (nSPS) is 11.0. The lowest BCUT2D eigenvalue weighted by Gasteiger charge is -2.08. The van der Waals surface area contributed by atoms with E-state index in [0.29, 0.717) is 40.5 Å². The number of aromatic amines is 1. The highest BCUT2D eigenvalue weighted by molar-refractivity contribution is 6.30. The molecule has 0 bridgehead atoms. The van der Waals surface area contributed by atoms with Gasteiger partial charge in [0, 0.05) is 35.4 Å². The van der Waals surface area contributed by atoms with Gasteiger partial charge in [0.2, 0.25) is 0 Å². The van der Waals surface area contributed by atoms with Crippen molar-refractivity contribution in [1.82, 2.24) is 19.9 Å². The first-order valence-electron chi connectivity index (χ1n) is 9.60. The fraction of sp³-hybridized carbons (Fsp3) is 0.174. The first kappa shape index (κ1) is 19.9. The molecule has 152 valence electrons. The number of carbonyl (C=O) groups excluding carboxylic acids is 1. The molecule has 30 heavy (non-hydrogen) atoms. The first-order valence-corrected chi connectivity index (χ1v) is 9.98. The fourth-order valence-corrected chi connectivity index (χ4v) is 3.57. The van der Waals surface area contributed by atoms with Gasteiger partial charge < -0.3 is 5.32 Å². The molecule has 0 saturated carbocycles. The van der Waals surface area contributed by atoms with Crippen molar-refractivity contribution in [2.45, 2.75) is 26.8 Å². The van der Waals surface area contributed by atoms with Gasteiger partial charge in [0.1, 0.15) is 5.56 Å². The summed E-state index contributed by atoms with van der Waals surface area (Å²) in [7, 11) is 0. The molecule has 7 heteroatoms. The number of hydrogen-bond acceptors (Lipinski definition) is 3. The minimum absolute atomic E-state index is 0.227. The van der Waals surface area contributed by atoms with Gasteiger partial charge in [-0.3, -0.25) is 14.7 Å². The second-order valence-corrected chi connectivity index (χ2v) is 7.74. The van der Waals surface area contributed by atoms with E-state index in [-0.39, 0.29) is 11.5 Å². The predicted octanol–water partition coefficient (Wildman–Crippen LogP) is 3.81. The van der Waals surface area contributed by atoms with Crippen LogP contribution in [0.3, 0.4) is 0 Å². The maximum absolute atomic E-state index is 13.0. The summed E-state index contributed by atoms with van der Waals surface area (Å²) in [5, 5.41) is 6.36. The van der Waals surface area contributed by atoms with Crippen molar-refractivity contribution in [2.24, 2.45) is 0 Å². The van der Waals surface area contributed by atoms with Crippen molar-refractivity contribution < 1.29 is 4.79 Å².